The molecule has 1 fully saturated rings. The second-order valence-electron chi connectivity index (χ2n) is 5.28. The summed E-state index contributed by atoms with van der Waals surface area (Å²) in [7, 11) is 1.77. The first-order valence-electron chi connectivity index (χ1n) is 6.92. The third-order valence-electron chi connectivity index (χ3n) is 3.10. The van der Waals surface area contributed by atoms with Crippen molar-refractivity contribution >= 4 is 11.8 Å². The van der Waals surface area contributed by atoms with Crippen LogP contribution in [-0.4, -0.2) is 42.9 Å². The van der Waals surface area contributed by atoms with Crippen LogP contribution >= 0.6 is 0 Å². The SMILES string of the molecule is CN(CC(=O)NCc1ccccc1)CC(=O)NC1CC1. The van der Waals surface area contributed by atoms with Gasteiger partial charge in [0.1, 0.15) is 0 Å². The van der Waals surface area contributed by atoms with E-state index in [1.807, 2.05) is 30.3 Å². The molecule has 1 saturated carbocycles. The van der Waals surface area contributed by atoms with Gasteiger partial charge >= 0.3 is 0 Å². The van der Waals surface area contributed by atoms with Gasteiger partial charge in [-0.3, -0.25) is 14.5 Å². The summed E-state index contributed by atoms with van der Waals surface area (Å²) in [5, 5.41) is 5.75. The number of likely N-dealkylation sites (N-methyl/N-ethyl adjacent to an activating group) is 1. The normalized spacial score (nSPS) is 14.1. The van der Waals surface area contributed by atoms with E-state index in [0.717, 1.165) is 18.4 Å². The van der Waals surface area contributed by atoms with Crippen molar-refractivity contribution in [2.75, 3.05) is 20.1 Å². The van der Waals surface area contributed by atoms with Crippen LogP contribution in [0.25, 0.3) is 0 Å². The lowest BCUT2D eigenvalue weighted by Gasteiger charge is -2.15. The summed E-state index contributed by atoms with van der Waals surface area (Å²) in [5.74, 6) is -0.0820. The van der Waals surface area contributed by atoms with E-state index in [1.165, 1.54) is 0 Å². The number of hydrogen-bond donors (Lipinski definition) is 2. The zero-order valence-electron chi connectivity index (χ0n) is 11.8. The van der Waals surface area contributed by atoms with Crippen molar-refractivity contribution in [3.8, 4) is 0 Å². The number of hydrogen-bond acceptors (Lipinski definition) is 3. The highest BCUT2D eigenvalue weighted by atomic mass is 16.2. The van der Waals surface area contributed by atoms with Gasteiger partial charge in [0, 0.05) is 12.6 Å². The molecule has 5 heteroatoms. The predicted molar refractivity (Wildman–Crippen MR) is 77.0 cm³/mol. The van der Waals surface area contributed by atoms with E-state index in [2.05, 4.69) is 10.6 Å². The van der Waals surface area contributed by atoms with Gasteiger partial charge in [0.25, 0.3) is 0 Å². The first kappa shape index (κ1) is 14.5. The maximum Gasteiger partial charge on any atom is 0.234 e. The van der Waals surface area contributed by atoms with Gasteiger partial charge < -0.3 is 10.6 Å². The van der Waals surface area contributed by atoms with Crippen LogP contribution in [0.5, 0.6) is 0 Å². The molecule has 1 aromatic carbocycles. The summed E-state index contributed by atoms with van der Waals surface area (Å²) in [4.78, 5) is 25.1. The van der Waals surface area contributed by atoms with Gasteiger partial charge in [0.2, 0.25) is 11.8 Å². The summed E-state index contributed by atoms with van der Waals surface area (Å²) in [6.07, 6.45) is 2.15. The Bertz CT molecular complexity index is 457. The zero-order chi connectivity index (χ0) is 14.4. The Morgan fingerprint density at radius 1 is 1.15 bits per heavy atom. The van der Waals surface area contributed by atoms with Crippen LogP contribution in [0, 0.1) is 0 Å². The molecular formula is C15H21N3O2. The summed E-state index contributed by atoms with van der Waals surface area (Å²) >= 11 is 0. The largest absolute Gasteiger partial charge is 0.352 e. The number of rotatable bonds is 7. The molecule has 0 heterocycles. The minimum absolute atomic E-state index is 0.00846. The van der Waals surface area contributed by atoms with Crippen molar-refractivity contribution in [3.05, 3.63) is 35.9 Å². The molecule has 5 nitrogen and oxygen atoms in total. The van der Waals surface area contributed by atoms with E-state index in [4.69, 9.17) is 0 Å². The number of carbonyl (C=O) groups is 2. The van der Waals surface area contributed by atoms with Crippen molar-refractivity contribution in [2.24, 2.45) is 0 Å². The first-order valence-corrected chi connectivity index (χ1v) is 6.92. The van der Waals surface area contributed by atoms with Crippen LogP contribution in [0.4, 0.5) is 0 Å². The highest BCUT2D eigenvalue weighted by molar-refractivity contribution is 5.81. The highest BCUT2D eigenvalue weighted by Crippen LogP contribution is 2.18. The Morgan fingerprint density at radius 3 is 2.45 bits per heavy atom. The molecule has 0 aliphatic heterocycles. The zero-order valence-corrected chi connectivity index (χ0v) is 11.8. The highest BCUT2D eigenvalue weighted by Gasteiger charge is 2.23. The minimum atomic E-state index is -0.0735. The fourth-order valence-corrected chi connectivity index (χ4v) is 1.90. The average Bonchev–Trinajstić information content (AvgIpc) is 3.21. The Hall–Kier alpha value is -1.88. The van der Waals surface area contributed by atoms with Crippen LogP contribution in [0.2, 0.25) is 0 Å². The second kappa shape index (κ2) is 7.05. The number of nitrogens with one attached hydrogen (secondary N) is 2. The van der Waals surface area contributed by atoms with Gasteiger partial charge in [-0.05, 0) is 25.5 Å². The molecule has 1 aliphatic rings. The van der Waals surface area contributed by atoms with E-state index in [-0.39, 0.29) is 24.9 Å². The second-order valence-corrected chi connectivity index (χ2v) is 5.28. The number of carbonyl (C=O) groups excluding carboxylic acids is 2. The van der Waals surface area contributed by atoms with E-state index in [1.54, 1.807) is 11.9 Å². The molecule has 0 atom stereocenters. The monoisotopic (exact) mass is 275 g/mol. The Labute approximate surface area is 119 Å². The van der Waals surface area contributed by atoms with Crippen LogP contribution in [-0.2, 0) is 16.1 Å². The molecule has 0 radical (unpaired) electrons. The van der Waals surface area contributed by atoms with E-state index < -0.39 is 0 Å². The molecule has 0 aromatic heterocycles. The summed E-state index contributed by atoms with van der Waals surface area (Å²) in [6.45, 7) is 1.00. The third-order valence-corrected chi connectivity index (χ3v) is 3.10. The van der Waals surface area contributed by atoms with Crippen molar-refractivity contribution in [1.82, 2.24) is 15.5 Å². The summed E-state index contributed by atoms with van der Waals surface area (Å²) < 4.78 is 0. The van der Waals surface area contributed by atoms with Gasteiger partial charge in [-0.15, -0.1) is 0 Å². The summed E-state index contributed by atoms with van der Waals surface area (Å²) in [5.41, 5.74) is 1.06. The van der Waals surface area contributed by atoms with Gasteiger partial charge in [-0.2, -0.15) is 0 Å². The third kappa shape index (κ3) is 5.40. The van der Waals surface area contributed by atoms with Gasteiger partial charge in [0.15, 0.2) is 0 Å². The molecule has 2 N–H and O–H groups in total. The molecule has 2 rings (SSSR count). The lowest BCUT2D eigenvalue weighted by molar-refractivity contribution is -0.124. The fourth-order valence-electron chi connectivity index (χ4n) is 1.90. The molecule has 0 saturated heterocycles. The Kier molecular flexibility index (Phi) is 5.12. The molecule has 1 aromatic rings. The van der Waals surface area contributed by atoms with Crippen LogP contribution < -0.4 is 10.6 Å². The number of benzene rings is 1. The smallest absolute Gasteiger partial charge is 0.234 e. The predicted octanol–water partition coefficient (Wildman–Crippen LogP) is 0.513. The molecule has 2 amide bonds. The van der Waals surface area contributed by atoms with Crippen molar-refractivity contribution in [1.29, 1.82) is 0 Å². The van der Waals surface area contributed by atoms with Crippen LogP contribution in [0.3, 0.4) is 0 Å². The fraction of sp³-hybridized carbons (Fsp3) is 0.467. The molecule has 0 bridgehead atoms. The topological polar surface area (TPSA) is 61.4 Å². The van der Waals surface area contributed by atoms with Crippen LogP contribution in [0.1, 0.15) is 18.4 Å². The molecule has 1 aliphatic carbocycles. The van der Waals surface area contributed by atoms with E-state index in [0.29, 0.717) is 12.6 Å². The summed E-state index contributed by atoms with van der Waals surface area (Å²) in [6, 6.07) is 10.1. The Morgan fingerprint density at radius 2 is 1.80 bits per heavy atom. The average molecular weight is 275 g/mol. The van der Waals surface area contributed by atoms with Gasteiger partial charge in [0.05, 0.1) is 13.1 Å². The minimum Gasteiger partial charge on any atom is -0.352 e. The maximum atomic E-state index is 11.8. The van der Waals surface area contributed by atoms with E-state index in [9.17, 15) is 9.59 Å². The quantitative estimate of drug-likeness (QED) is 0.762. The lowest BCUT2D eigenvalue weighted by Crippen LogP contribution is -2.41. The molecular weight excluding hydrogens is 254 g/mol. The first-order chi connectivity index (χ1) is 9.63. The maximum absolute atomic E-state index is 11.8. The number of amides is 2. The van der Waals surface area contributed by atoms with Crippen molar-refractivity contribution in [2.45, 2.75) is 25.4 Å². The number of nitrogens with zero attached hydrogens (tertiary/aromatic N) is 1. The van der Waals surface area contributed by atoms with Crippen molar-refractivity contribution in [3.63, 3.8) is 0 Å². The van der Waals surface area contributed by atoms with Gasteiger partial charge in [-0.1, -0.05) is 30.3 Å². The van der Waals surface area contributed by atoms with Gasteiger partial charge in [-0.25, -0.2) is 0 Å². The molecule has 0 unspecified atom stereocenters. The molecule has 108 valence electrons. The van der Waals surface area contributed by atoms with Crippen molar-refractivity contribution < 1.29 is 9.59 Å². The van der Waals surface area contributed by atoms with E-state index >= 15 is 0 Å². The molecule has 0 spiro atoms. The van der Waals surface area contributed by atoms with Crippen LogP contribution in [0.15, 0.2) is 30.3 Å². The standard InChI is InChI=1S/C15H21N3O2/c1-18(11-15(20)17-13-7-8-13)10-14(19)16-9-12-5-3-2-4-6-12/h2-6,13H,7-11H2,1H3,(H,16,19)(H,17,20). The lowest BCUT2D eigenvalue weighted by atomic mass is 10.2. The Balaban J connectivity index is 1.64. The molecule has 20 heavy (non-hydrogen) atoms.